The van der Waals surface area contributed by atoms with Crippen LogP contribution in [0.5, 0.6) is 0 Å². The summed E-state index contributed by atoms with van der Waals surface area (Å²) in [5.74, 6) is 0.870. The Kier molecular flexibility index (Phi) is 4.36. The van der Waals surface area contributed by atoms with Crippen molar-refractivity contribution in [3.8, 4) is 11.3 Å². The van der Waals surface area contributed by atoms with Gasteiger partial charge in [-0.2, -0.15) is 5.10 Å². The number of carbonyl (C=O) groups excluding carboxylic acids is 1. The standard InChI is InChI=1S/C22H24N4O2/c1-14-12-24-26(20-4-2-3-9-28-20)21(14)17-8-7-16-11-19(23-13-18(16)10-17)25-22(27)15-5-6-15/h7-8,10-13,15,20H,2-6,9H2,1H3,(H,23,25,27). The summed E-state index contributed by atoms with van der Waals surface area (Å²) >= 11 is 0. The Labute approximate surface area is 163 Å². The molecule has 2 aromatic heterocycles. The Bertz CT molecular complexity index is 1030. The zero-order valence-electron chi connectivity index (χ0n) is 16.0. The first-order valence-electron chi connectivity index (χ1n) is 10.1. The number of nitrogens with one attached hydrogen (secondary N) is 1. The number of aryl methyl sites for hydroxylation is 1. The molecule has 2 fully saturated rings. The molecule has 5 rings (SSSR count). The fourth-order valence-electron chi connectivity index (χ4n) is 3.87. The largest absolute Gasteiger partial charge is 0.356 e. The molecule has 144 valence electrons. The summed E-state index contributed by atoms with van der Waals surface area (Å²) in [6.45, 7) is 2.88. The minimum Gasteiger partial charge on any atom is -0.356 e. The quantitative estimate of drug-likeness (QED) is 0.730. The lowest BCUT2D eigenvalue weighted by Crippen LogP contribution is -2.20. The predicted molar refractivity (Wildman–Crippen MR) is 108 cm³/mol. The molecule has 2 aliphatic rings. The van der Waals surface area contributed by atoms with Crippen molar-refractivity contribution in [2.24, 2.45) is 5.92 Å². The van der Waals surface area contributed by atoms with Gasteiger partial charge in [-0.3, -0.25) is 4.79 Å². The molecule has 1 saturated carbocycles. The molecule has 1 amide bonds. The molecular weight excluding hydrogens is 352 g/mol. The van der Waals surface area contributed by atoms with Crippen LogP contribution < -0.4 is 5.32 Å². The van der Waals surface area contributed by atoms with Crippen LogP contribution in [0.4, 0.5) is 5.82 Å². The number of pyridine rings is 1. The molecule has 0 bridgehead atoms. The number of anilines is 1. The third-order valence-corrected chi connectivity index (χ3v) is 5.60. The number of rotatable bonds is 4. The maximum Gasteiger partial charge on any atom is 0.228 e. The third kappa shape index (κ3) is 3.29. The van der Waals surface area contributed by atoms with Crippen molar-refractivity contribution in [2.75, 3.05) is 11.9 Å². The van der Waals surface area contributed by atoms with Gasteiger partial charge in [-0.25, -0.2) is 9.67 Å². The first-order chi connectivity index (χ1) is 13.7. The van der Waals surface area contributed by atoms with Gasteiger partial charge in [0.2, 0.25) is 5.91 Å². The molecule has 6 nitrogen and oxygen atoms in total. The van der Waals surface area contributed by atoms with E-state index in [1.54, 1.807) is 0 Å². The van der Waals surface area contributed by atoms with Crippen LogP contribution in [-0.2, 0) is 9.53 Å². The summed E-state index contributed by atoms with van der Waals surface area (Å²) < 4.78 is 7.97. The highest BCUT2D eigenvalue weighted by atomic mass is 16.5. The van der Waals surface area contributed by atoms with E-state index in [1.165, 1.54) is 6.42 Å². The van der Waals surface area contributed by atoms with Crippen LogP contribution in [0.2, 0.25) is 0 Å². The normalized spacial score (nSPS) is 19.7. The molecule has 1 aliphatic carbocycles. The fraction of sp³-hybridized carbons (Fsp3) is 0.409. The number of ether oxygens (including phenoxy) is 1. The average molecular weight is 376 g/mol. The van der Waals surface area contributed by atoms with Crippen molar-refractivity contribution in [3.63, 3.8) is 0 Å². The monoisotopic (exact) mass is 376 g/mol. The van der Waals surface area contributed by atoms with E-state index in [2.05, 4.69) is 40.5 Å². The number of carbonyl (C=O) groups is 1. The van der Waals surface area contributed by atoms with Crippen LogP contribution in [-0.4, -0.2) is 27.3 Å². The molecule has 0 spiro atoms. The minimum absolute atomic E-state index is 0.00582. The molecule has 3 heterocycles. The van der Waals surface area contributed by atoms with Gasteiger partial charge in [0, 0.05) is 29.7 Å². The molecule has 28 heavy (non-hydrogen) atoms. The van der Waals surface area contributed by atoms with Gasteiger partial charge in [-0.1, -0.05) is 12.1 Å². The maximum absolute atomic E-state index is 12.0. The van der Waals surface area contributed by atoms with Crippen LogP contribution in [0, 0.1) is 12.8 Å². The zero-order valence-corrected chi connectivity index (χ0v) is 16.0. The van der Waals surface area contributed by atoms with Gasteiger partial charge >= 0.3 is 0 Å². The number of fused-ring (bicyclic) bond motifs is 1. The van der Waals surface area contributed by atoms with Gasteiger partial charge < -0.3 is 10.1 Å². The molecule has 1 aliphatic heterocycles. The molecule has 1 aromatic carbocycles. The maximum atomic E-state index is 12.0. The molecule has 1 unspecified atom stereocenters. The van der Waals surface area contributed by atoms with E-state index in [-0.39, 0.29) is 18.1 Å². The van der Waals surface area contributed by atoms with Crippen molar-refractivity contribution >= 4 is 22.5 Å². The van der Waals surface area contributed by atoms with Gasteiger partial charge in [0.25, 0.3) is 0 Å². The van der Waals surface area contributed by atoms with Crippen LogP contribution in [0.25, 0.3) is 22.0 Å². The summed E-state index contributed by atoms with van der Waals surface area (Å²) in [5.41, 5.74) is 3.34. The molecule has 1 atom stereocenters. The van der Waals surface area contributed by atoms with E-state index in [0.717, 1.165) is 59.9 Å². The number of aromatic nitrogens is 3. The molecule has 1 N–H and O–H groups in total. The topological polar surface area (TPSA) is 69.0 Å². The number of hydrogen-bond acceptors (Lipinski definition) is 4. The van der Waals surface area contributed by atoms with E-state index in [4.69, 9.17) is 4.74 Å². The zero-order chi connectivity index (χ0) is 19.1. The summed E-state index contributed by atoms with van der Waals surface area (Å²) in [6, 6.07) is 8.27. The fourth-order valence-corrected chi connectivity index (χ4v) is 3.87. The summed E-state index contributed by atoms with van der Waals surface area (Å²) in [5, 5.41) is 9.61. The Morgan fingerprint density at radius 3 is 2.82 bits per heavy atom. The first-order valence-corrected chi connectivity index (χ1v) is 10.1. The summed E-state index contributed by atoms with van der Waals surface area (Å²) in [7, 11) is 0. The molecule has 6 heteroatoms. The second-order valence-electron chi connectivity index (χ2n) is 7.84. The van der Waals surface area contributed by atoms with Gasteiger partial charge in [0.15, 0.2) is 6.23 Å². The Hall–Kier alpha value is -2.73. The highest BCUT2D eigenvalue weighted by molar-refractivity contribution is 5.95. The van der Waals surface area contributed by atoms with Crippen molar-refractivity contribution < 1.29 is 9.53 Å². The van der Waals surface area contributed by atoms with Gasteiger partial charge in [0.1, 0.15) is 5.82 Å². The van der Waals surface area contributed by atoms with E-state index in [0.29, 0.717) is 5.82 Å². The first kappa shape index (κ1) is 17.4. The SMILES string of the molecule is Cc1cnn(C2CCCCO2)c1-c1ccc2cc(NC(=O)C3CC3)ncc2c1. The highest BCUT2D eigenvalue weighted by Crippen LogP contribution is 2.33. The number of nitrogens with zero attached hydrogens (tertiary/aromatic N) is 3. The van der Waals surface area contributed by atoms with Crippen molar-refractivity contribution in [3.05, 3.63) is 42.2 Å². The van der Waals surface area contributed by atoms with E-state index in [1.807, 2.05) is 23.1 Å². The molecule has 1 saturated heterocycles. The Balaban J connectivity index is 1.47. The van der Waals surface area contributed by atoms with Crippen molar-refractivity contribution in [1.82, 2.24) is 14.8 Å². The third-order valence-electron chi connectivity index (χ3n) is 5.60. The average Bonchev–Trinajstić information content (AvgIpc) is 3.51. The van der Waals surface area contributed by atoms with E-state index >= 15 is 0 Å². The number of amides is 1. The van der Waals surface area contributed by atoms with Gasteiger partial charge in [-0.15, -0.1) is 0 Å². The minimum atomic E-state index is 0.00582. The summed E-state index contributed by atoms with van der Waals surface area (Å²) in [4.78, 5) is 16.4. The van der Waals surface area contributed by atoms with Crippen molar-refractivity contribution in [2.45, 2.75) is 45.3 Å². The van der Waals surface area contributed by atoms with Crippen LogP contribution in [0.1, 0.15) is 43.9 Å². The van der Waals surface area contributed by atoms with Gasteiger partial charge in [-0.05, 0) is 62.1 Å². The molecule has 0 radical (unpaired) electrons. The van der Waals surface area contributed by atoms with Gasteiger partial charge in [0.05, 0.1) is 11.9 Å². The van der Waals surface area contributed by atoms with E-state index in [9.17, 15) is 4.79 Å². The second-order valence-corrected chi connectivity index (χ2v) is 7.84. The van der Waals surface area contributed by atoms with Crippen LogP contribution in [0.15, 0.2) is 36.7 Å². The Morgan fingerprint density at radius 2 is 2.04 bits per heavy atom. The van der Waals surface area contributed by atoms with Crippen LogP contribution >= 0.6 is 0 Å². The summed E-state index contributed by atoms with van der Waals surface area (Å²) in [6.07, 6.45) is 8.99. The van der Waals surface area contributed by atoms with Crippen LogP contribution in [0.3, 0.4) is 0 Å². The van der Waals surface area contributed by atoms with E-state index < -0.39 is 0 Å². The van der Waals surface area contributed by atoms with Crippen molar-refractivity contribution in [1.29, 1.82) is 0 Å². The number of benzene rings is 1. The predicted octanol–water partition coefficient (Wildman–Crippen LogP) is 4.45. The highest BCUT2D eigenvalue weighted by Gasteiger charge is 2.29. The Morgan fingerprint density at radius 1 is 1.14 bits per heavy atom. The lowest BCUT2D eigenvalue weighted by Gasteiger charge is -2.25. The lowest BCUT2D eigenvalue weighted by atomic mass is 10.0. The second kappa shape index (κ2) is 7.02. The number of hydrogen-bond donors (Lipinski definition) is 1. The molecule has 3 aromatic rings. The lowest BCUT2D eigenvalue weighted by molar-refractivity contribution is -0.117. The smallest absolute Gasteiger partial charge is 0.228 e. The molecular formula is C22H24N4O2.